The molecule has 0 amide bonds. The number of benzene rings is 1. The molecule has 0 N–H and O–H groups in total. The topological polar surface area (TPSA) is 26.3 Å². The molecule has 80 valence electrons. The zero-order valence-corrected chi connectivity index (χ0v) is 8.98. The lowest BCUT2D eigenvalue weighted by molar-refractivity contribution is 0.0226. The second-order valence-corrected chi connectivity index (χ2v) is 4.22. The summed E-state index contributed by atoms with van der Waals surface area (Å²) in [6, 6.07) is 9.20. The summed E-state index contributed by atoms with van der Waals surface area (Å²) < 4.78 is 5.47. The highest BCUT2D eigenvalue weighted by molar-refractivity contribution is 5.89. The van der Waals surface area contributed by atoms with Gasteiger partial charge in [0.2, 0.25) is 0 Å². The molecule has 2 nitrogen and oxygen atoms in total. The van der Waals surface area contributed by atoms with Crippen LogP contribution in [0.15, 0.2) is 30.3 Å². The minimum atomic E-state index is -0.186. The summed E-state index contributed by atoms with van der Waals surface area (Å²) in [6.45, 7) is 2.15. The summed E-state index contributed by atoms with van der Waals surface area (Å²) in [5.41, 5.74) is 0.650. The minimum Gasteiger partial charge on any atom is -0.459 e. The molecular weight excluding hydrogens is 188 g/mol. The van der Waals surface area contributed by atoms with Crippen LogP contribution in [0, 0.1) is 5.92 Å². The van der Waals surface area contributed by atoms with Crippen LogP contribution in [0.1, 0.15) is 36.5 Å². The maximum absolute atomic E-state index is 11.7. The van der Waals surface area contributed by atoms with Gasteiger partial charge in [-0.05, 0) is 37.3 Å². The van der Waals surface area contributed by atoms with Crippen molar-refractivity contribution < 1.29 is 9.53 Å². The molecule has 0 saturated heterocycles. The summed E-state index contributed by atoms with van der Waals surface area (Å²) >= 11 is 0. The summed E-state index contributed by atoms with van der Waals surface area (Å²) in [4.78, 5) is 11.7. The largest absolute Gasteiger partial charge is 0.459 e. The second kappa shape index (κ2) is 4.47. The molecule has 0 aliphatic heterocycles. The standard InChI is InChI=1S/C13H16O2/c1-10-6-5-9-12(10)15-13(14)11-7-3-2-4-8-11/h2-4,7-8,10,12H,5-6,9H2,1H3/t10-,12-/m1/s1. The van der Waals surface area contributed by atoms with Crippen LogP contribution in [0.4, 0.5) is 0 Å². The molecule has 2 atom stereocenters. The predicted octanol–water partition coefficient (Wildman–Crippen LogP) is 3.03. The van der Waals surface area contributed by atoms with Gasteiger partial charge in [0.05, 0.1) is 5.56 Å². The molecule has 15 heavy (non-hydrogen) atoms. The van der Waals surface area contributed by atoms with Crippen molar-refractivity contribution in [2.24, 2.45) is 5.92 Å². The van der Waals surface area contributed by atoms with E-state index in [-0.39, 0.29) is 12.1 Å². The third kappa shape index (κ3) is 2.38. The molecule has 0 heterocycles. The summed E-state index contributed by atoms with van der Waals surface area (Å²) in [5.74, 6) is 0.326. The highest BCUT2D eigenvalue weighted by Gasteiger charge is 2.26. The smallest absolute Gasteiger partial charge is 0.338 e. The van der Waals surface area contributed by atoms with E-state index in [0.29, 0.717) is 11.5 Å². The van der Waals surface area contributed by atoms with Crippen LogP contribution in [-0.4, -0.2) is 12.1 Å². The van der Waals surface area contributed by atoms with Gasteiger partial charge >= 0.3 is 5.97 Å². The SMILES string of the molecule is C[C@@H]1CCC[C@H]1OC(=O)c1ccccc1. The lowest BCUT2D eigenvalue weighted by atomic mass is 10.1. The maximum Gasteiger partial charge on any atom is 0.338 e. The molecule has 2 heteroatoms. The van der Waals surface area contributed by atoms with Gasteiger partial charge in [-0.2, -0.15) is 0 Å². The monoisotopic (exact) mass is 204 g/mol. The van der Waals surface area contributed by atoms with Gasteiger partial charge in [0.15, 0.2) is 0 Å². The fourth-order valence-electron chi connectivity index (χ4n) is 2.07. The Kier molecular flexibility index (Phi) is 3.05. The number of hydrogen-bond donors (Lipinski definition) is 0. The van der Waals surface area contributed by atoms with Gasteiger partial charge in [0.25, 0.3) is 0 Å². The third-order valence-corrected chi connectivity index (χ3v) is 3.05. The molecule has 1 saturated carbocycles. The van der Waals surface area contributed by atoms with E-state index in [1.54, 1.807) is 12.1 Å². The minimum absolute atomic E-state index is 0.123. The fourth-order valence-corrected chi connectivity index (χ4v) is 2.07. The van der Waals surface area contributed by atoms with E-state index in [1.165, 1.54) is 12.8 Å². The summed E-state index contributed by atoms with van der Waals surface area (Å²) in [5, 5.41) is 0. The zero-order valence-electron chi connectivity index (χ0n) is 8.98. The number of rotatable bonds is 2. The third-order valence-electron chi connectivity index (χ3n) is 3.05. The molecular formula is C13H16O2. The molecule has 1 aliphatic rings. The van der Waals surface area contributed by atoms with E-state index in [0.717, 1.165) is 6.42 Å². The van der Waals surface area contributed by atoms with Crippen LogP contribution in [0.25, 0.3) is 0 Å². The van der Waals surface area contributed by atoms with Crippen molar-refractivity contribution in [2.75, 3.05) is 0 Å². The second-order valence-electron chi connectivity index (χ2n) is 4.22. The van der Waals surface area contributed by atoms with Gasteiger partial charge in [0.1, 0.15) is 6.10 Å². The first-order valence-electron chi connectivity index (χ1n) is 5.53. The lowest BCUT2D eigenvalue weighted by Crippen LogP contribution is -2.20. The van der Waals surface area contributed by atoms with Crippen molar-refractivity contribution in [1.82, 2.24) is 0 Å². The number of ether oxygens (including phenoxy) is 1. The molecule has 2 rings (SSSR count). The Labute approximate surface area is 90.3 Å². The van der Waals surface area contributed by atoms with E-state index >= 15 is 0 Å². The van der Waals surface area contributed by atoms with Crippen LogP contribution < -0.4 is 0 Å². The van der Waals surface area contributed by atoms with Gasteiger partial charge in [-0.1, -0.05) is 25.1 Å². The Morgan fingerprint density at radius 3 is 2.60 bits per heavy atom. The fraction of sp³-hybridized carbons (Fsp3) is 0.462. The average Bonchev–Trinajstić information content (AvgIpc) is 2.66. The Hall–Kier alpha value is -1.31. The van der Waals surface area contributed by atoms with Gasteiger partial charge in [0, 0.05) is 0 Å². The lowest BCUT2D eigenvalue weighted by Gasteiger charge is -2.16. The molecule has 1 aromatic rings. The molecule has 1 aliphatic carbocycles. The van der Waals surface area contributed by atoms with E-state index in [9.17, 15) is 4.79 Å². The molecule has 0 unspecified atom stereocenters. The molecule has 1 aromatic carbocycles. The molecule has 0 bridgehead atoms. The Bertz CT molecular complexity index is 332. The first kappa shape index (κ1) is 10.2. The van der Waals surface area contributed by atoms with Gasteiger partial charge in [-0.15, -0.1) is 0 Å². The highest BCUT2D eigenvalue weighted by Crippen LogP contribution is 2.28. The Morgan fingerprint density at radius 1 is 1.27 bits per heavy atom. The number of esters is 1. The molecule has 1 fully saturated rings. The normalized spacial score (nSPS) is 25.1. The number of carbonyl (C=O) groups is 1. The quantitative estimate of drug-likeness (QED) is 0.692. The van der Waals surface area contributed by atoms with E-state index in [2.05, 4.69) is 6.92 Å². The first-order chi connectivity index (χ1) is 7.27. The van der Waals surface area contributed by atoms with E-state index in [1.807, 2.05) is 18.2 Å². The number of hydrogen-bond acceptors (Lipinski definition) is 2. The van der Waals surface area contributed by atoms with Crippen LogP contribution in [-0.2, 0) is 4.74 Å². The summed E-state index contributed by atoms with van der Waals surface area (Å²) in [7, 11) is 0. The summed E-state index contributed by atoms with van der Waals surface area (Å²) in [6.07, 6.45) is 3.48. The average molecular weight is 204 g/mol. The van der Waals surface area contributed by atoms with Crippen LogP contribution >= 0.6 is 0 Å². The zero-order chi connectivity index (χ0) is 10.7. The Morgan fingerprint density at radius 2 is 2.00 bits per heavy atom. The van der Waals surface area contributed by atoms with Crippen molar-refractivity contribution in [3.63, 3.8) is 0 Å². The predicted molar refractivity (Wildman–Crippen MR) is 58.7 cm³/mol. The van der Waals surface area contributed by atoms with Crippen LogP contribution in [0.2, 0.25) is 0 Å². The highest BCUT2D eigenvalue weighted by atomic mass is 16.5. The Balaban J connectivity index is 1.98. The van der Waals surface area contributed by atoms with Gasteiger partial charge in [-0.3, -0.25) is 0 Å². The maximum atomic E-state index is 11.7. The van der Waals surface area contributed by atoms with Gasteiger partial charge < -0.3 is 4.74 Å². The van der Waals surface area contributed by atoms with Crippen LogP contribution in [0.5, 0.6) is 0 Å². The van der Waals surface area contributed by atoms with Crippen molar-refractivity contribution in [3.8, 4) is 0 Å². The van der Waals surface area contributed by atoms with E-state index < -0.39 is 0 Å². The van der Waals surface area contributed by atoms with Crippen molar-refractivity contribution >= 4 is 5.97 Å². The first-order valence-corrected chi connectivity index (χ1v) is 5.53. The van der Waals surface area contributed by atoms with Crippen LogP contribution in [0.3, 0.4) is 0 Å². The van der Waals surface area contributed by atoms with Crippen molar-refractivity contribution in [3.05, 3.63) is 35.9 Å². The van der Waals surface area contributed by atoms with E-state index in [4.69, 9.17) is 4.74 Å². The van der Waals surface area contributed by atoms with Gasteiger partial charge in [-0.25, -0.2) is 4.79 Å². The molecule has 0 spiro atoms. The molecule has 0 aromatic heterocycles. The number of carbonyl (C=O) groups excluding carboxylic acids is 1. The van der Waals surface area contributed by atoms with Crippen molar-refractivity contribution in [1.29, 1.82) is 0 Å². The van der Waals surface area contributed by atoms with Crippen molar-refractivity contribution in [2.45, 2.75) is 32.3 Å². The molecule has 0 radical (unpaired) electrons.